The number of hydrogen-bond acceptors (Lipinski definition) is 6. The fourth-order valence-electron chi connectivity index (χ4n) is 7.43. The summed E-state index contributed by atoms with van der Waals surface area (Å²) in [5, 5.41) is 14.4. The van der Waals surface area contributed by atoms with Crippen LogP contribution in [0.2, 0.25) is 0 Å². The molecule has 0 amide bonds. The number of furan rings is 2. The lowest BCUT2D eigenvalue weighted by atomic mass is 10.0. The molecule has 2 atom stereocenters. The number of hydrogen-bond donors (Lipinski definition) is 3. The van der Waals surface area contributed by atoms with Gasteiger partial charge in [-0.2, -0.15) is 0 Å². The fourth-order valence-corrected chi connectivity index (χ4v) is 8.51. The topological polar surface area (TPSA) is 76.4 Å². The zero-order chi connectivity index (χ0) is 33.9. The summed E-state index contributed by atoms with van der Waals surface area (Å²) < 4.78 is 15.4. The van der Waals surface area contributed by atoms with Crippen LogP contribution < -0.4 is 16.4 Å². The van der Waals surface area contributed by atoms with Gasteiger partial charge in [0, 0.05) is 53.8 Å². The molecule has 0 fully saturated rings. The maximum atomic E-state index is 6.74. The van der Waals surface area contributed by atoms with Crippen LogP contribution in [0.3, 0.4) is 0 Å². The number of rotatable bonds is 8. The third-order valence-electron chi connectivity index (χ3n) is 10.0. The first-order valence-electron chi connectivity index (χ1n) is 17.2. The molecule has 0 saturated heterocycles. The summed E-state index contributed by atoms with van der Waals surface area (Å²) in [6, 6.07) is 53.0. The molecule has 51 heavy (non-hydrogen) atoms. The Morgan fingerprint density at radius 2 is 1.25 bits per heavy atom. The van der Waals surface area contributed by atoms with Crippen LogP contribution in [0.15, 0.2) is 160 Å². The molecule has 10 aromatic rings. The van der Waals surface area contributed by atoms with Crippen LogP contribution in [0.5, 0.6) is 0 Å². The summed E-state index contributed by atoms with van der Waals surface area (Å²) in [6.45, 7) is 0.619. The van der Waals surface area contributed by atoms with Crippen LogP contribution >= 0.6 is 11.3 Å². The second-order valence-corrected chi connectivity index (χ2v) is 14.2. The van der Waals surface area contributed by atoms with Gasteiger partial charge < -0.3 is 14.6 Å². The fraction of sp³-hybridized carbons (Fsp3) is 0.0667. The lowest BCUT2D eigenvalue weighted by Gasteiger charge is -2.25. The van der Waals surface area contributed by atoms with Crippen molar-refractivity contribution in [2.45, 2.75) is 18.9 Å². The van der Waals surface area contributed by atoms with Gasteiger partial charge in [0.25, 0.3) is 0 Å². The van der Waals surface area contributed by atoms with Gasteiger partial charge >= 0.3 is 0 Å². The molecule has 3 heterocycles. The van der Waals surface area contributed by atoms with Crippen molar-refractivity contribution in [3.63, 3.8) is 0 Å². The SMILES string of the molecule is NC(NC(NCc1ccc2c(c1)oc1cc(-c3cccc4c3oc3ccccc34)ccc12)c1ccc2sc3ccccc3c2c1)c1ccccc1. The number of benzene rings is 7. The van der Waals surface area contributed by atoms with Gasteiger partial charge in [-0.3, -0.25) is 10.6 Å². The quantitative estimate of drug-likeness (QED) is 0.139. The highest BCUT2D eigenvalue weighted by Crippen LogP contribution is 2.39. The molecule has 10 rings (SSSR count). The minimum absolute atomic E-state index is 0.196. The average molecular weight is 680 g/mol. The molecule has 5 nitrogen and oxygen atoms in total. The summed E-state index contributed by atoms with van der Waals surface area (Å²) in [5.74, 6) is 0. The third kappa shape index (κ3) is 5.28. The van der Waals surface area contributed by atoms with Crippen LogP contribution in [0, 0.1) is 0 Å². The Kier molecular flexibility index (Phi) is 7.22. The highest BCUT2D eigenvalue weighted by molar-refractivity contribution is 7.25. The van der Waals surface area contributed by atoms with E-state index in [4.69, 9.17) is 14.6 Å². The monoisotopic (exact) mass is 679 g/mol. The predicted octanol–water partition coefficient (Wildman–Crippen LogP) is 11.6. The summed E-state index contributed by atoms with van der Waals surface area (Å²) in [7, 11) is 0. The third-order valence-corrected chi connectivity index (χ3v) is 11.2. The van der Waals surface area contributed by atoms with Gasteiger partial charge in [-0.15, -0.1) is 11.3 Å². The molecule has 2 unspecified atom stereocenters. The second-order valence-electron chi connectivity index (χ2n) is 13.1. The van der Waals surface area contributed by atoms with Crippen molar-refractivity contribution >= 4 is 75.4 Å². The average Bonchev–Trinajstić information content (AvgIpc) is 3.87. The highest BCUT2D eigenvalue weighted by Gasteiger charge is 2.19. The zero-order valence-electron chi connectivity index (χ0n) is 27.6. The highest BCUT2D eigenvalue weighted by atomic mass is 32.1. The van der Waals surface area contributed by atoms with Gasteiger partial charge in [-0.05, 0) is 64.7 Å². The van der Waals surface area contributed by atoms with Gasteiger partial charge in [-0.25, -0.2) is 0 Å². The van der Waals surface area contributed by atoms with Crippen molar-refractivity contribution in [1.29, 1.82) is 0 Å². The Morgan fingerprint density at radius 3 is 2.16 bits per heavy atom. The van der Waals surface area contributed by atoms with Crippen LogP contribution in [-0.2, 0) is 6.54 Å². The molecule has 0 saturated carbocycles. The van der Waals surface area contributed by atoms with E-state index in [0.29, 0.717) is 6.54 Å². The van der Waals surface area contributed by atoms with Gasteiger partial charge in [0.2, 0.25) is 0 Å². The van der Waals surface area contributed by atoms with E-state index < -0.39 is 0 Å². The van der Waals surface area contributed by atoms with Crippen molar-refractivity contribution in [1.82, 2.24) is 10.6 Å². The molecule has 3 aromatic heterocycles. The lowest BCUT2D eigenvalue weighted by Crippen LogP contribution is -2.39. The minimum Gasteiger partial charge on any atom is -0.456 e. The predicted molar refractivity (Wildman–Crippen MR) is 212 cm³/mol. The van der Waals surface area contributed by atoms with Crippen LogP contribution in [0.4, 0.5) is 0 Å². The van der Waals surface area contributed by atoms with Gasteiger partial charge in [0.15, 0.2) is 0 Å². The smallest absolute Gasteiger partial charge is 0.143 e. The molecule has 6 heteroatoms. The van der Waals surface area contributed by atoms with E-state index in [1.165, 1.54) is 20.2 Å². The maximum absolute atomic E-state index is 6.74. The first kappa shape index (κ1) is 30.1. The normalized spacial score (nSPS) is 13.3. The van der Waals surface area contributed by atoms with E-state index in [-0.39, 0.29) is 12.3 Å². The summed E-state index contributed by atoms with van der Waals surface area (Å²) in [6.07, 6.45) is -0.547. The van der Waals surface area contributed by atoms with E-state index in [9.17, 15) is 0 Å². The van der Waals surface area contributed by atoms with Gasteiger partial charge in [-0.1, -0.05) is 109 Å². The Labute approximate surface area is 297 Å². The van der Waals surface area contributed by atoms with Crippen molar-refractivity contribution in [3.05, 3.63) is 168 Å². The number of fused-ring (bicyclic) bond motifs is 9. The number of nitrogens with one attached hydrogen (secondary N) is 2. The van der Waals surface area contributed by atoms with Crippen molar-refractivity contribution < 1.29 is 8.83 Å². The van der Waals surface area contributed by atoms with E-state index in [2.05, 4.69) is 132 Å². The number of thiophene rings is 1. The molecular formula is C45H33N3O2S. The Balaban J connectivity index is 0.971. The molecule has 246 valence electrons. The summed E-state index contributed by atoms with van der Waals surface area (Å²) in [4.78, 5) is 0. The first-order chi connectivity index (χ1) is 25.2. The zero-order valence-corrected chi connectivity index (χ0v) is 28.4. The second kappa shape index (κ2) is 12.2. The van der Waals surface area contributed by atoms with Gasteiger partial charge in [0.1, 0.15) is 22.3 Å². The molecule has 7 aromatic carbocycles. The number of nitrogens with two attached hydrogens (primary N) is 1. The molecular weight excluding hydrogens is 647 g/mol. The van der Waals surface area contributed by atoms with Crippen LogP contribution in [0.1, 0.15) is 29.0 Å². The number of para-hydroxylation sites is 2. The molecule has 0 aliphatic heterocycles. The van der Waals surface area contributed by atoms with Crippen molar-refractivity contribution in [2.24, 2.45) is 5.73 Å². The molecule has 4 N–H and O–H groups in total. The molecule has 0 spiro atoms. The summed E-state index contributed by atoms with van der Waals surface area (Å²) >= 11 is 1.83. The van der Waals surface area contributed by atoms with E-state index in [0.717, 1.165) is 71.7 Å². The van der Waals surface area contributed by atoms with E-state index in [1.54, 1.807) is 0 Å². The van der Waals surface area contributed by atoms with Crippen LogP contribution in [-0.4, -0.2) is 0 Å². The lowest BCUT2D eigenvalue weighted by molar-refractivity contribution is 0.386. The Bertz CT molecular complexity index is 2890. The van der Waals surface area contributed by atoms with Crippen LogP contribution in [0.25, 0.3) is 75.2 Å². The van der Waals surface area contributed by atoms with Crippen molar-refractivity contribution in [3.8, 4) is 11.1 Å². The largest absolute Gasteiger partial charge is 0.456 e. The molecule has 0 radical (unpaired) electrons. The summed E-state index contributed by atoms with van der Waals surface area (Å²) in [5.41, 5.74) is 15.6. The minimum atomic E-state index is -0.351. The van der Waals surface area contributed by atoms with E-state index in [1.807, 2.05) is 41.7 Å². The van der Waals surface area contributed by atoms with Crippen molar-refractivity contribution in [2.75, 3.05) is 0 Å². The molecule has 0 bridgehead atoms. The molecule has 0 aliphatic rings. The van der Waals surface area contributed by atoms with Gasteiger partial charge in [0.05, 0.1) is 12.3 Å². The Morgan fingerprint density at radius 1 is 0.529 bits per heavy atom. The standard InChI is InChI=1S/C45H33N3O2S/c46-44(28-9-2-1-3-10-28)48-45(30-19-22-42-37(24-30)35-12-5-7-16-41(35)51-42)47-26-27-17-20-33-34-21-18-29(25-40(34)49-39(33)23-27)31-13-8-14-36-32-11-4-6-15-38(32)50-43(31)36/h1-25,44-45,47-48H,26,46H2. The maximum Gasteiger partial charge on any atom is 0.143 e. The first-order valence-corrected chi connectivity index (χ1v) is 18.0. The van der Waals surface area contributed by atoms with E-state index >= 15 is 0 Å². The Hall–Kier alpha value is -5.76. The molecule has 0 aliphatic carbocycles.